The van der Waals surface area contributed by atoms with Gasteiger partial charge in [-0.25, -0.2) is 0 Å². The van der Waals surface area contributed by atoms with Crippen LogP contribution in [0, 0.1) is 39.9 Å². The van der Waals surface area contributed by atoms with Crippen LogP contribution in [-0.2, 0) is 9.59 Å². The summed E-state index contributed by atoms with van der Waals surface area (Å²) in [6, 6.07) is 1.41. The minimum atomic E-state index is -0.533. The molecule has 0 spiro atoms. The topological polar surface area (TPSA) is 57.6 Å². The van der Waals surface area contributed by atoms with E-state index >= 15 is 0 Å². The number of aliphatic hydroxyl groups is 1. The number of Topliss-reactive ketones (excluding diaryl/α,β-unsaturated/α-hetero) is 2. The number of aliphatic hydroxyl groups excluding tert-OH is 1. The summed E-state index contributed by atoms with van der Waals surface area (Å²) in [6.45, 7) is 17.5. The van der Waals surface area contributed by atoms with Gasteiger partial charge in [0.15, 0.2) is 0 Å². The van der Waals surface area contributed by atoms with Gasteiger partial charge >= 0.3 is 0 Å². The molecule has 0 amide bonds. The molecule has 1 N–H and O–H groups in total. The SMILES string of the molecule is C=C[C@]1(C)C[C@@H](CC(=O)CSC2C[C@H]3CC[C@@H](C2)N3C)[C@]2(C)[C@H](C)CC[C@@](CCC(C)=O)([C@H]2C)[C@@H](C)[C@@H]1O. The van der Waals surface area contributed by atoms with Gasteiger partial charge in [0, 0.05) is 35.6 Å². The van der Waals surface area contributed by atoms with Crippen molar-refractivity contribution in [2.45, 2.75) is 129 Å². The van der Waals surface area contributed by atoms with Crippen LogP contribution in [0.4, 0.5) is 0 Å². The summed E-state index contributed by atoms with van der Waals surface area (Å²) in [5.41, 5.74) is -0.591. The fourth-order valence-electron chi connectivity index (χ4n) is 9.71. The maximum absolute atomic E-state index is 13.7. The van der Waals surface area contributed by atoms with Crippen molar-refractivity contribution in [1.82, 2.24) is 4.90 Å². The van der Waals surface area contributed by atoms with E-state index in [4.69, 9.17) is 0 Å². The minimum absolute atomic E-state index is 0.0271. The number of carbonyl (C=O) groups excluding carboxylic acids is 2. The summed E-state index contributed by atoms with van der Waals surface area (Å²) in [5.74, 6) is 2.30. The summed E-state index contributed by atoms with van der Waals surface area (Å²) >= 11 is 1.91. The summed E-state index contributed by atoms with van der Waals surface area (Å²) in [6.07, 6.45) is 11.4. The van der Waals surface area contributed by atoms with Gasteiger partial charge in [-0.2, -0.15) is 11.8 Å². The predicted molar refractivity (Wildman–Crippen MR) is 159 cm³/mol. The number of hydrogen-bond donors (Lipinski definition) is 1. The predicted octanol–water partition coefficient (Wildman–Crippen LogP) is 6.94. The van der Waals surface area contributed by atoms with Gasteiger partial charge in [-0.1, -0.05) is 40.7 Å². The lowest BCUT2D eigenvalue weighted by molar-refractivity contribution is -0.181. The Morgan fingerprint density at radius 3 is 2.32 bits per heavy atom. The number of carbonyl (C=O) groups is 2. The Labute approximate surface area is 237 Å². The Hall–Kier alpha value is -0.650. The highest BCUT2D eigenvalue weighted by molar-refractivity contribution is 8.00. The minimum Gasteiger partial charge on any atom is -0.392 e. The lowest BCUT2D eigenvalue weighted by Crippen LogP contribution is -2.60. The molecule has 2 saturated carbocycles. The third-order valence-electron chi connectivity index (χ3n) is 12.9. The molecule has 1 unspecified atom stereocenters. The van der Waals surface area contributed by atoms with Crippen molar-refractivity contribution in [3.63, 3.8) is 0 Å². The van der Waals surface area contributed by atoms with Crippen LogP contribution in [0.1, 0.15) is 106 Å². The fourth-order valence-corrected chi connectivity index (χ4v) is 11.0. The normalized spacial score (nSPS) is 47.3. The van der Waals surface area contributed by atoms with Gasteiger partial charge in [0.05, 0.1) is 11.9 Å². The first kappa shape index (κ1) is 30.3. The Balaban J connectivity index is 1.58. The summed E-state index contributed by atoms with van der Waals surface area (Å²) in [4.78, 5) is 28.4. The van der Waals surface area contributed by atoms with Crippen LogP contribution >= 0.6 is 11.8 Å². The lowest BCUT2D eigenvalue weighted by Gasteiger charge is -2.64. The van der Waals surface area contributed by atoms with Gasteiger partial charge in [0.1, 0.15) is 11.6 Å². The van der Waals surface area contributed by atoms with Crippen molar-refractivity contribution in [3.8, 4) is 0 Å². The van der Waals surface area contributed by atoms with Crippen LogP contribution < -0.4 is 0 Å². The summed E-state index contributed by atoms with van der Waals surface area (Å²) in [7, 11) is 2.28. The number of rotatable bonds is 9. The van der Waals surface area contributed by atoms with E-state index in [9.17, 15) is 14.7 Å². The van der Waals surface area contributed by atoms with Crippen LogP contribution in [0.25, 0.3) is 0 Å². The third kappa shape index (κ3) is 5.22. The molecular weight excluding hydrogens is 490 g/mol. The van der Waals surface area contributed by atoms with Crippen molar-refractivity contribution < 1.29 is 14.7 Å². The molecule has 4 aliphatic rings. The second-order valence-electron chi connectivity index (χ2n) is 14.5. The Kier molecular flexibility index (Phi) is 9.03. The Morgan fingerprint density at radius 1 is 1.11 bits per heavy atom. The first-order chi connectivity index (χ1) is 17.8. The molecule has 0 aromatic rings. The Bertz CT molecular complexity index is 893. The average Bonchev–Trinajstić information content (AvgIpc) is 3.08. The monoisotopic (exact) mass is 545 g/mol. The first-order valence-electron chi connectivity index (χ1n) is 15.4. The maximum atomic E-state index is 13.7. The van der Waals surface area contributed by atoms with Gasteiger partial charge in [-0.05, 0) is 99.8 Å². The molecule has 0 radical (unpaired) electrons. The van der Waals surface area contributed by atoms with Crippen LogP contribution in [0.3, 0.4) is 0 Å². The number of ketones is 2. The van der Waals surface area contributed by atoms with Crippen LogP contribution in [0.15, 0.2) is 12.7 Å². The molecule has 4 bridgehead atoms. The largest absolute Gasteiger partial charge is 0.392 e. The maximum Gasteiger partial charge on any atom is 0.143 e. The second-order valence-corrected chi connectivity index (χ2v) is 15.8. The van der Waals surface area contributed by atoms with E-state index in [1.54, 1.807) is 6.92 Å². The molecular formula is C33H55NO3S. The smallest absolute Gasteiger partial charge is 0.143 e. The zero-order valence-corrected chi connectivity index (χ0v) is 26.1. The molecule has 0 aromatic carbocycles. The van der Waals surface area contributed by atoms with Gasteiger partial charge in [-0.3, -0.25) is 4.79 Å². The number of piperidine rings is 1. The molecule has 38 heavy (non-hydrogen) atoms. The van der Waals surface area contributed by atoms with E-state index in [-0.39, 0.29) is 28.4 Å². The molecule has 0 aromatic heterocycles. The average molecular weight is 546 g/mol. The molecule has 4 nitrogen and oxygen atoms in total. The number of fused-ring (bicyclic) bond motifs is 4. The third-order valence-corrected chi connectivity index (χ3v) is 14.3. The summed E-state index contributed by atoms with van der Waals surface area (Å²) in [5, 5.41) is 12.5. The van der Waals surface area contributed by atoms with Gasteiger partial charge in [-0.15, -0.1) is 6.58 Å². The fraction of sp³-hybridized carbons (Fsp3) is 0.879. The highest BCUT2D eigenvalue weighted by atomic mass is 32.2. The molecule has 4 fully saturated rings. The van der Waals surface area contributed by atoms with Crippen LogP contribution in [0.2, 0.25) is 0 Å². The molecule has 4 rings (SSSR count). The second kappa shape index (κ2) is 11.3. The molecule has 2 aliphatic heterocycles. The van der Waals surface area contributed by atoms with Crippen molar-refractivity contribution in [3.05, 3.63) is 12.7 Å². The molecule has 2 heterocycles. The van der Waals surface area contributed by atoms with E-state index in [1.807, 2.05) is 17.8 Å². The van der Waals surface area contributed by atoms with Crippen molar-refractivity contribution in [1.29, 1.82) is 0 Å². The summed E-state index contributed by atoms with van der Waals surface area (Å²) < 4.78 is 0. The van der Waals surface area contributed by atoms with Crippen molar-refractivity contribution >= 4 is 23.3 Å². The number of thioether (sulfide) groups is 1. The highest BCUT2D eigenvalue weighted by Crippen LogP contribution is 2.66. The zero-order chi connectivity index (χ0) is 28.0. The molecule has 2 saturated heterocycles. The number of hydrogen-bond acceptors (Lipinski definition) is 5. The quantitative estimate of drug-likeness (QED) is 0.318. The molecule has 2 aliphatic carbocycles. The van der Waals surface area contributed by atoms with Crippen LogP contribution in [-0.4, -0.2) is 57.8 Å². The van der Waals surface area contributed by atoms with Crippen molar-refractivity contribution in [2.24, 2.45) is 39.9 Å². The molecule has 5 heteroatoms. The standard InChI is InChI=1S/C33H55NO3S/c1-9-31(6)19-25(16-28(36)20-38-29-17-26-10-11-27(18-29)34(26)8)32(7)21(2)12-14-33(24(32)5,15-13-22(3)35)23(4)30(31)37/h9,21,23-27,29-30,37H,1,10-20H2,2-8H3/t21-,23+,24+,25-,26-,27+,29?,30+,31-,32-,33+/m1/s1. The van der Waals surface area contributed by atoms with Gasteiger partial charge in [0.2, 0.25) is 0 Å². The van der Waals surface area contributed by atoms with Crippen molar-refractivity contribution in [2.75, 3.05) is 12.8 Å². The number of nitrogens with zero attached hydrogens (tertiary/aromatic N) is 1. The zero-order valence-electron chi connectivity index (χ0n) is 25.3. The highest BCUT2D eigenvalue weighted by Gasteiger charge is 2.61. The van der Waals surface area contributed by atoms with Gasteiger partial charge in [0.25, 0.3) is 0 Å². The van der Waals surface area contributed by atoms with E-state index in [1.165, 1.54) is 25.7 Å². The first-order valence-corrected chi connectivity index (χ1v) is 16.5. The van der Waals surface area contributed by atoms with E-state index in [0.717, 1.165) is 25.7 Å². The lowest BCUT2D eigenvalue weighted by atomic mass is 9.40. The molecule has 216 valence electrons. The molecule has 11 atom stereocenters. The Morgan fingerprint density at radius 2 is 1.74 bits per heavy atom. The van der Waals surface area contributed by atoms with E-state index < -0.39 is 11.5 Å². The van der Waals surface area contributed by atoms with Crippen LogP contribution in [0.5, 0.6) is 0 Å². The van der Waals surface area contributed by atoms with E-state index in [2.05, 4.69) is 53.1 Å². The van der Waals surface area contributed by atoms with E-state index in [0.29, 0.717) is 53.5 Å². The van der Waals surface area contributed by atoms with Gasteiger partial charge < -0.3 is 14.8 Å².